The molecule has 0 aromatic heterocycles. The van der Waals surface area contributed by atoms with Crippen LogP contribution >= 0.6 is 0 Å². The average Bonchev–Trinajstić information content (AvgIpc) is 2.97. The summed E-state index contributed by atoms with van der Waals surface area (Å²) in [6.07, 6.45) is -10.6. The van der Waals surface area contributed by atoms with Crippen LogP contribution in [0.25, 0.3) is 0 Å². The Bertz CT molecular complexity index is 1070. The molecule has 2 fully saturated rings. The highest BCUT2D eigenvalue weighted by Crippen LogP contribution is 2.57. The zero-order valence-electron chi connectivity index (χ0n) is 19.3. The van der Waals surface area contributed by atoms with Crippen LogP contribution in [0, 0.1) is 0 Å². The lowest BCUT2D eigenvalue weighted by Gasteiger charge is -2.58. The van der Waals surface area contributed by atoms with Crippen LogP contribution in [0.3, 0.4) is 0 Å². The molecule has 2 aromatic rings. The second kappa shape index (κ2) is 8.15. The molecule has 1 saturated heterocycles. The SMILES string of the molecule is C[C@@H](OCC1(c2ccccc2)CC2(C1)NC(=O)OC2(C)C)c1cc(C(F)(F)F)cc(C(F)(F)F)c1. The Morgan fingerprint density at radius 3 is 1.97 bits per heavy atom. The largest absolute Gasteiger partial charge is 0.441 e. The number of amides is 1. The predicted molar refractivity (Wildman–Crippen MR) is 115 cm³/mol. The molecular weight excluding hydrogens is 476 g/mol. The van der Waals surface area contributed by atoms with Crippen LogP contribution < -0.4 is 5.32 Å². The average molecular weight is 501 g/mol. The molecule has 2 aromatic carbocycles. The first kappa shape index (κ1) is 25.3. The van der Waals surface area contributed by atoms with Gasteiger partial charge in [-0.2, -0.15) is 26.3 Å². The van der Waals surface area contributed by atoms with Crippen LogP contribution in [-0.4, -0.2) is 23.8 Å². The Labute approximate surface area is 198 Å². The van der Waals surface area contributed by atoms with Crippen molar-refractivity contribution in [3.63, 3.8) is 0 Å². The van der Waals surface area contributed by atoms with Crippen molar-refractivity contribution in [3.05, 3.63) is 70.8 Å². The second-order valence-electron chi connectivity index (χ2n) is 9.90. The highest BCUT2D eigenvalue weighted by atomic mass is 19.4. The van der Waals surface area contributed by atoms with Gasteiger partial charge in [0, 0.05) is 5.41 Å². The third-order valence-electron chi connectivity index (χ3n) is 7.20. The molecule has 1 aliphatic carbocycles. The number of carbonyl (C=O) groups excluding carboxylic acids is 1. The zero-order valence-corrected chi connectivity index (χ0v) is 19.3. The molecule has 10 heteroatoms. The summed E-state index contributed by atoms with van der Waals surface area (Å²) in [4.78, 5) is 11.9. The van der Waals surface area contributed by atoms with Gasteiger partial charge in [-0.15, -0.1) is 0 Å². The van der Waals surface area contributed by atoms with Crippen LogP contribution in [0.15, 0.2) is 48.5 Å². The number of hydrogen-bond acceptors (Lipinski definition) is 3. The van der Waals surface area contributed by atoms with Crippen LogP contribution in [0.1, 0.15) is 62.0 Å². The fourth-order valence-electron chi connectivity index (χ4n) is 5.09. The van der Waals surface area contributed by atoms with Gasteiger partial charge >= 0.3 is 18.4 Å². The van der Waals surface area contributed by atoms with E-state index in [1.54, 1.807) is 13.8 Å². The summed E-state index contributed by atoms with van der Waals surface area (Å²) in [5.74, 6) is 0. The molecule has 4 nitrogen and oxygen atoms in total. The lowest BCUT2D eigenvalue weighted by Crippen LogP contribution is -2.69. The molecule has 1 heterocycles. The summed E-state index contributed by atoms with van der Waals surface area (Å²) in [6, 6.07) is 10.8. The van der Waals surface area contributed by atoms with Gasteiger partial charge in [0.15, 0.2) is 0 Å². The van der Waals surface area contributed by atoms with E-state index in [9.17, 15) is 31.1 Å². The maximum atomic E-state index is 13.3. The van der Waals surface area contributed by atoms with Crippen molar-refractivity contribution in [2.24, 2.45) is 0 Å². The van der Waals surface area contributed by atoms with Gasteiger partial charge in [0.05, 0.1) is 29.4 Å². The van der Waals surface area contributed by atoms with Gasteiger partial charge < -0.3 is 14.8 Å². The minimum atomic E-state index is -4.94. The minimum Gasteiger partial charge on any atom is -0.441 e. The lowest BCUT2D eigenvalue weighted by atomic mass is 9.50. The summed E-state index contributed by atoms with van der Waals surface area (Å²) in [6.45, 7) is 5.05. The van der Waals surface area contributed by atoms with Crippen molar-refractivity contribution < 1.29 is 40.6 Å². The van der Waals surface area contributed by atoms with Gasteiger partial charge in [0.2, 0.25) is 0 Å². The third kappa shape index (κ3) is 4.60. The summed E-state index contributed by atoms with van der Waals surface area (Å²) >= 11 is 0. The molecular formula is C25H25F6NO3. The molecule has 0 bridgehead atoms. The van der Waals surface area contributed by atoms with Crippen molar-refractivity contribution in [2.45, 2.75) is 68.6 Å². The number of nitrogens with one attached hydrogen (secondary N) is 1. The van der Waals surface area contributed by atoms with Crippen LogP contribution in [0.5, 0.6) is 0 Å². The molecule has 1 aliphatic heterocycles. The van der Waals surface area contributed by atoms with Crippen LogP contribution in [0.4, 0.5) is 31.1 Å². The van der Waals surface area contributed by atoms with Gasteiger partial charge in [-0.05, 0) is 62.9 Å². The minimum absolute atomic E-state index is 0.0312. The zero-order chi connectivity index (χ0) is 25.9. The summed E-state index contributed by atoms with van der Waals surface area (Å²) in [5.41, 5.74) is -4.15. The Balaban J connectivity index is 1.61. The number of alkyl carbamates (subject to hydrolysis) is 1. The van der Waals surface area contributed by atoms with Gasteiger partial charge in [0.1, 0.15) is 5.60 Å². The Kier molecular flexibility index (Phi) is 5.90. The maximum Gasteiger partial charge on any atom is 0.416 e. The number of carbonyl (C=O) groups is 1. The first-order chi connectivity index (χ1) is 16.1. The Morgan fingerprint density at radius 2 is 1.51 bits per heavy atom. The van der Waals surface area contributed by atoms with E-state index in [0.717, 1.165) is 5.56 Å². The first-order valence-electron chi connectivity index (χ1n) is 11.0. The number of ether oxygens (including phenoxy) is 2. The number of cyclic esters (lactones) is 1. The number of alkyl halides is 6. The smallest absolute Gasteiger partial charge is 0.416 e. The Morgan fingerprint density at radius 1 is 0.971 bits per heavy atom. The molecule has 4 rings (SSSR count). The van der Waals surface area contributed by atoms with E-state index in [2.05, 4.69) is 5.32 Å². The van der Waals surface area contributed by atoms with Crippen LogP contribution in [-0.2, 0) is 27.2 Å². The molecule has 0 radical (unpaired) electrons. The maximum absolute atomic E-state index is 13.3. The van der Waals surface area contributed by atoms with E-state index >= 15 is 0 Å². The van der Waals surface area contributed by atoms with E-state index in [1.807, 2.05) is 30.3 Å². The molecule has 1 spiro atoms. The molecule has 2 aliphatic rings. The molecule has 1 saturated carbocycles. The van der Waals surface area contributed by atoms with E-state index < -0.39 is 52.2 Å². The molecule has 190 valence electrons. The normalized spacial score (nSPS) is 26.7. The van der Waals surface area contributed by atoms with E-state index in [0.29, 0.717) is 25.0 Å². The number of benzene rings is 2. The number of halogens is 6. The van der Waals surface area contributed by atoms with Crippen LogP contribution in [0.2, 0.25) is 0 Å². The van der Waals surface area contributed by atoms with Crippen molar-refractivity contribution in [3.8, 4) is 0 Å². The van der Waals surface area contributed by atoms with Crippen molar-refractivity contribution in [1.29, 1.82) is 0 Å². The summed E-state index contributed by atoms with van der Waals surface area (Å²) < 4.78 is 91.0. The molecule has 1 amide bonds. The van der Waals surface area contributed by atoms with Crippen molar-refractivity contribution in [1.82, 2.24) is 5.32 Å². The first-order valence-corrected chi connectivity index (χ1v) is 11.0. The summed E-state index contributed by atoms with van der Waals surface area (Å²) in [7, 11) is 0. The highest BCUT2D eigenvalue weighted by Gasteiger charge is 2.67. The second-order valence-corrected chi connectivity index (χ2v) is 9.90. The quantitative estimate of drug-likeness (QED) is 0.459. The van der Waals surface area contributed by atoms with E-state index in [1.165, 1.54) is 6.92 Å². The third-order valence-corrected chi connectivity index (χ3v) is 7.20. The van der Waals surface area contributed by atoms with Gasteiger partial charge in [-0.3, -0.25) is 0 Å². The number of rotatable bonds is 5. The molecule has 1 atom stereocenters. The fraction of sp³-hybridized carbons (Fsp3) is 0.480. The van der Waals surface area contributed by atoms with E-state index in [4.69, 9.17) is 9.47 Å². The van der Waals surface area contributed by atoms with Gasteiger partial charge in [0.25, 0.3) is 0 Å². The van der Waals surface area contributed by atoms with Gasteiger partial charge in [-0.1, -0.05) is 30.3 Å². The molecule has 35 heavy (non-hydrogen) atoms. The van der Waals surface area contributed by atoms with Crippen molar-refractivity contribution in [2.75, 3.05) is 6.61 Å². The lowest BCUT2D eigenvalue weighted by molar-refractivity contribution is -0.143. The standard InChI is InChI=1S/C25H25F6NO3/c1-15(16-9-18(24(26,27)28)11-19(10-16)25(29,30)31)34-14-22(17-7-5-4-6-8-17)12-23(13-22)21(2,3)35-20(33)32-23/h4-11,15H,12-14H2,1-3H3,(H,32,33)/t15-,22?,23?/m1/s1. The topological polar surface area (TPSA) is 47.6 Å². The fourth-order valence-corrected chi connectivity index (χ4v) is 5.09. The monoisotopic (exact) mass is 501 g/mol. The summed E-state index contributed by atoms with van der Waals surface area (Å²) in [5, 5.41) is 2.88. The molecule has 0 unspecified atom stereocenters. The predicted octanol–water partition coefficient (Wildman–Crippen LogP) is 6.79. The van der Waals surface area contributed by atoms with Crippen molar-refractivity contribution >= 4 is 6.09 Å². The number of hydrogen-bond donors (Lipinski definition) is 1. The molecule has 1 N–H and O–H groups in total. The van der Waals surface area contributed by atoms with E-state index in [-0.39, 0.29) is 18.2 Å². The Hall–Kier alpha value is -2.75. The highest BCUT2D eigenvalue weighted by molar-refractivity contribution is 5.73. The van der Waals surface area contributed by atoms with Gasteiger partial charge in [-0.25, -0.2) is 4.79 Å².